The molecular formula is C11H14ClNOS. The molecule has 0 spiro atoms. The van der Waals surface area contributed by atoms with Crippen LogP contribution in [0.15, 0.2) is 11.4 Å². The van der Waals surface area contributed by atoms with E-state index in [4.69, 9.17) is 11.6 Å². The maximum Gasteiger partial charge on any atom is 0.181 e. The zero-order chi connectivity index (χ0) is 10.9. The lowest BCUT2D eigenvalue weighted by Crippen LogP contribution is -2.32. The Balaban J connectivity index is 2.30. The highest BCUT2D eigenvalue weighted by atomic mass is 35.5. The summed E-state index contributed by atoms with van der Waals surface area (Å²) in [5, 5.41) is 5.75. The van der Waals surface area contributed by atoms with E-state index in [1.54, 1.807) is 6.07 Å². The highest BCUT2D eigenvalue weighted by Gasteiger charge is 2.40. The van der Waals surface area contributed by atoms with Crippen molar-refractivity contribution >= 4 is 28.7 Å². The Hall–Kier alpha value is -0.380. The van der Waals surface area contributed by atoms with E-state index in [1.807, 2.05) is 5.38 Å². The van der Waals surface area contributed by atoms with Gasteiger partial charge in [0, 0.05) is 12.0 Å². The molecule has 1 unspecified atom stereocenters. The third kappa shape index (κ3) is 1.84. The average Bonchev–Trinajstić information content (AvgIpc) is 2.86. The number of carbonyl (C=O) groups is 1. The molecule has 2 rings (SSSR count). The Labute approximate surface area is 98.6 Å². The van der Waals surface area contributed by atoms with Gasteiger partial charge in [0.2, 0.25) is 0 Å². The minimum atomic E-state index is -0.214. The number of Topliss-reactive ketones (excluding diaryl/α,β-unsaturated/α-hetero) is 1. The molecule has 82 valence electrons. The molecule has 1 aliphatic rings. The van der Waals surface area contributed by atoms with Gasteiger partial charge in [-0.15, -0.1) is 11.3 Å². The number of hydrogen-bond donors (Lipinski definition) is 1. The van der Waals surface area contributed by atoms with Gasteiger partial charge in [-0.1, -0.05) is 18.5 Å². The van der Waals surface area contributed by atoms with Crippen LogP contribution in [0, 0.1) is 5.41 Å². The van der Waals surface area contributed by atoms with Gasteiger partial charge in [-0.2, -0.15) is 0 Å². The van der Waals surface area contributed by atoms with Gasteiger partial charge >= 0.3 is 0 Å². The van der Waals surface area contributed by atoms with Crippen LogP contribution in [0.1, 0.15) is 29.4 Å². The molecule has 1 aliphatic heterocycles. The summed E-state index contributed by atoms with van der Waals surface area (Å²) in [5.41, 5.74) is -0.214. The van der Waals surface area contributed by atoms with Gasteiger partial charge in [0.05, 0.1) is 9.90 Å². The van der Waals surface area contributed by atoms with Crippen molar-refractivity contribution in [2.45, 2.75) is 19.8 Å². The number of carbonyl (C=O) groups excluding carboxylic acids is 1. The van der Waals surface area contributed by atoms with Crippen molar-refractivity contribution in [1.29, 1.82) is 0 Å². The van der Waals surface area contributed by atoms with Crippen molar-refractivity contribution in [2.75, 3.05) is 13.1 Å². The van der Waals surface area contributed by atoms with Gasteiger partial charge in [0.15, 0.2) is 5.78 Å². The minimum absolute atomic E-state index is 0.214. The zero-order valence-corrected chi connectivity index (χ0v) is 10.3. The van der Waals surface area contributed by atoms with Crippen LogP contribution in [0.2, 0.25) is 5.02 Å². The first-order valence-electron chi connectivity index (χ1n) is 5.18. The van der Waals surface area contributed by atoms with Gasteiger partial charge in [0.1, 0.15) is 0 Å². The van der Waals surface area contributed by atoms with E-state index in [9.17, 15) is 4.79 Å². The Morgan fingerprint density at radius 3 is 3.00 bits per heavy atom. The highest BCUT2D eigenvalue weighted by molar-refractivity contribution is 7.12. The van der Waals surface area contributed by atoms with Crippen LogP contribution in [-0.4, -0.2) is 18.9 Å². The SMILES string of the molecule is CCC1(C(=O)c2sccc2Cl)CCNC1. The summed E-state index contributed by atoms with van der Waals surface area (Å²) in [5.74, 6) is 0.218. The lowest BCUT2D eigenvalue weighted by Gasteiger charge is -2.24. The molecule has 1 fully saturated rings. The molecule has 0 aromatic carbocycles. The molecule has 1 saturated heterocycles. The summed E-state index contributed by atoms with van der Waals surface area (Å²) in [4.78, 5) is 13.1. The number of hydrogen-bond acceptors (Lipinski definition) is 3. The Morgan fingerprint density at radius 1 is 1.73 bits per heavy atom. The van der Waals surface area contributed by atoms with E-state index in [2.05, 4.69) is 12.2 Å². The number of nitrogens with one attached hydrogen (secondary N) is 1. The normalized spacial score (nSPS) is 25.7. The summed E-state index contributed by atoms with van der Waals surface area (Å²) in [6.07, 6.45) is 1.81. The topological polar surface area (TPSA) is 29.1 Å². The number of thiophene rings is 1. The van der Waals surface area contributed by atoms with Crippen LogP contribution < -0.4 is 5.32 Å². The molecule has 1 aromatic rings. The predicted molar refractivity (Wildman–Crippen MR) is 63.9 cm³/mol. The zero-order valence-electron chi connectivity index (χ0n) is 8.68. The van der Waals surface area contributed by atoms with Crippen LogP contribution in [0.4, 0.5) is 0 Å². The van der Waals surface area contributed by atoms with E-state index >= 15 is 0 Å². The van der Waals surface area contributed by atoms with E-state index in [0.717, 1.165) is 30.8 Å². The maximum atomic E-state index is 12.4. The second-order valence-electron chi connectivity index (χ2n) is 3.99. The van der Waals surface area contributed by atoms with E-state index in [-0.39, 0.29) is 11.2 Å². The molecule has 4 heteroatoms. The fraction of sp³-hybridized carbons (Fsp3) is 0.545. The van der Waals surface area contributed by atoms with Gasteiger partial charge in [0.25, 0.3) is 0 Å². The second-order valence-corrected chi connectivity index (χ2v) is 5.31. The molecule has 2 nitrogen and oxygen atoms in total. The van der Waals surface area contributed by atoms with Crippen LogP contribution in [0.25, 0.3) is 0 Å². The van der Waals surface area contributed by atoms with Crippen molar-refractivity contribution in [3.63, 3.8) is 0 Å². The Morgan fingerprint density at radius 2 is 2.53 bits per heavy atom. The van der Waals surface area contributed by atoms with Crippen molar-refractivity contribution in [3.05, 3.63) is 21.3 Å². The summed E-state index contributed by atoms with van der Waals surface area (Å²) in [6, 6.07) is 1.80. The Bertz CT molecular complexity index is 368. The smallest absolute Gasteiger partial charge is 0.181 e. The molecule has 0 saturated carbocycles. The summed E-state index contributed by atoms with van der Waals surface area (Å²) < 4.78 is 0. The number of rotatable bonds is 3. The molecule has 1 N–H and O–H groups in total. The van der Waals surface area contributed by atoms with E-state index < -0.39 is 0 Å². The highest BCUT2D eigenvalue weighted by Crippen LogP contribution is 2.37. The monoisotopic (exact) mass is 243 g/mol. The number of halogens is 1. The predicted octanol–water partition coefficient (Wildman–Crippen LogP) is 2.97. The largest absolute Gasteiger partial charge is 0.316 e. The molecule has 0 radical (unpaired) electrons. The van der Waals surface area contributed by atoms with E-state index in [1.165, 1.54) is 11.3 Å². The van der Waals surface area contributed by atoms with Crippen LogP contribution in [-0.2, 0) is 0 Å². The summed E-state index contributed by atoms with van der Waals surface area (Å²) in [7, 11) is 0. The summed E-state index contributed by atoms with van der Waals surface area (Å²) in [6.45, 7) is 3.80. The molecule has 1 atom stereocenters. The van der Waals surface area contributed by atoms with Crippen molar-refractivity contribution < 1.29 is 4.79 Å². The third-order valence-corrected chi connectivity index (χ3v) is 4.57. The molecule has 0 amide bonds. The van der Waals surface area contributed by atoms with Gasteiger partial charge < -0.3 is 5.32 Å². The van der Waals surface area contributed by atoms with Crippen LogP contribution in [0.5, 0.6) is 0 Å². The Kier molecular flexibility index (Phi) is 3.14. The standard InChI is InChI=1S/C11H14ClNOS/c1-2-11(4-5-13-7-11)10(14)9-8(12)3-6-15-9/h3,6,13H,2,4-5,7H2,1H3. The molecule has 0 aliphatic carbocycles. The molecule has 2 heterocycles. The minimum Gasteiger partial charge on any atom is -0.316 e. The fourth-order valence-corrected chi connectivity index (χ4v) is 3.30. The molecule has 15 heavy (non-hydrogen) atoms. The lowest BCUT2D eigenvalue weighted by molar-refractivity contribution is 0.0815. The number of ketones is 1. The first kappa shape index (κ1) is 11.1. The van der Waals surface area contributed by atoms with Gasteiger partial charge in [-0.3, -0.25) is 4.79 Å². The van der Waals surface area contributed by atoms with Crippen LogP contribution >= 0.6 is 22.9 Å². The first-order chi connectivity index (χ1) is 7.19. The lowest BCUT2D eigenvalue weighted by atomic mass is 9.79. The third-order valence-electron chi connectivity index (χ3n) is 3.23. The average molecular weight is 244 g/mol. The van der Waals surface area contributed by atoms with Crippen molar-refractivity contribution in [2.24, 2.45) is 5.41 Å². The molecule has 1 aromatic heterocycles. The quantitative estimate of drug-likeness (QED) is 0.827. The first-order valence-corrected chi connectivity index (χ1v) is 6.44. The maximum absolute atomic E-state index is 12.4. The molecule has 0 bridgehead atoms. The fourth-order valence-electron chi connectivity index (χ4n) is 2.10. The van der Waals surface area contributed by atoms with Crippen molar-refractivity contribution in [1.82, 2.24) is 5.32 Å². The second kappa shape index (κ2) is 4.24. The summed E-state index contributed by atoms with van der Waals surface area (Å²) >= 11 is 7.45. The van der Waals surface area contributed by atoms with E-state index in [0.29, 0.717) is 5.02 Å². The van der Waals surface area contributed by atoms with Crippen LogP contribution in [0.3, 0.4) is 0 Å². The molecular weight excluding hydrogens is 230 g/mol. The van der Waals surface area contributed by atoms with Gasteiger partial charge in [-0.25, -0.2) is 0 Å². The van der Waals surface area contributed by atoms with Crippen molar-refractivity contribution in [3.8, 4) is 0 Å². The van der Waals surface area contributed by atoms with Gasteiger partial charge in [-0.05, 0) is 30.8 Å².